The van der Waals surface area contributed by atoms with Gasteiger partial charge in [-0.15, -0.1) is 0 Å². The highest BCUT2D eigenvalue weighted by Crippen LogP contribution is 2.34. The first-order valence-corrected chi connectivity index (χ1v) is 11.1. The van der Waals surface area contributed by atoms with Crippen molar-refractivity contribution >= 4 is 16.7 Å². The van der Waals surface area contributed by atoms with Gasteiger partial charge in [-0.25, -0.2) is 0 Å². The van der Waals surface area contributed by atoms with Gasteiger partial charge in [0.2, 0.25) is 5.78 Å². The van der Waals surface area contributed by atoms with Crippen molar-refractivity contribution in [1.82, 2.24) is 0 Å². The fourth-order valence-electron chi connectivity index (χ4n) is 3.60. The summed E-state index contributed by atoms with van der Waals surface area (Å²) in [4.78, 5) is 13.3. The first-order valence-electron chi connectivity index (χ1n) is 9.48. The molecule has 1 aliphatic rings. The minimum atomic E-state index is -0.00323. The Hall–Kier alpha value is -1.74. The maximum absolute atomic E-state index is 13.3. The summed E-state index contributed by atoms with van der Waals surface area (Å²) in [6.07, 6.45) is 3.86. The van der Waals surface area contributed by atoms with E-state index in [1.165, 1.54) is 30.8 Å². The predicted octanol–water partition coefficient (Wildman–Crippen LogP) is 5.88. The summed E-state index contributed by atoms with van der Waals surface area (Å²) >= 11 is 0. The van der Waals surface area contributed by atoms with Gasteiger partial charge in [-0.05, 0) is 66.6 Å². The normalized spacial score (nSPS) is 16.9. The third-order valence-electron chi connectivity index (χ3n) is 4.79. The summed E-state index contributed by atoms with van der Waals surface area (Å²) in [7, 11) is 0.200. The van der Waals surface area contributed by atoms with E-state index in [1.54, 1.807) is 0 Å². The van der Waals surface area contributed by atoms with E-state index in [9.17, 15) is 4.79 Å². The van der Waals surface area contributed by atoms with Gasteiger partial charge in [0.1, 0.15) is 23.0 Å². The summed E-state index contributed by atoms with van der Waals surface area (Å²) in [6.45, 7) is 6.64. The van der Waals surface area contributed by atoms with Crippen LogP contribution in [0.25, 0.3) is 0 Å². The molecule has 0 N–H and O–H groups in total. The zero-order valence-corrected chi connectivity index (χ0v) is 16.9. The zero-order chi connectivity index (χ0) is 18.6. The summed E-state index contributed by atoms with van der Waals surface area (Å²) in [5.41, 5.74) is 0.805. The number of hydrogen-bond donors (Lipinski definition) is 0. The second kappa shape index (κ2) is 8.30. The van der Waals surface area contributed by atoms with Crippen LogP contribution in [0.4, 0.5) is 0 Å². The van der Waals surface area contributed by atoms with Crippen LogP contribution in [0.15, 0.2) is 54.6 Å². The average Bonchev–Trinajstić information content (AvgIpc) is 2.63. The molecule has 0 aliphatic carbocycles. The molecule has 138 valence electrons. The molecular formula is C23H29O2S+. The molecule has 1 unspecified atom stereocenters. The van der Waals surface area contributed by atoms with Crippen molar-refractivity contribution in [2.24, 2.45) is 5.41 Å². The minimum absolute atomic E-state index is 0.00323. The van der Waals surface area contributed by atoms with E-state index in [1.807, 2.05) is 54.6 Å². The number of Topliss-reactive ketones (excluding diaryl/α,β-unsaturated/α-hetero) is 1. The van der Waals surface area contributed by atoms with Crippen molar-refractivity contribution < 1.29 is 9.53 Å². The maximum atomic E-state index is 13.3. The molecule has 0 saturated carbocycles. The summed E-state index contributed by atoms with van der Waals surface area (Å²) in [5, 5.41) is 0.115. The molecule has 0 bridgehead atoms. The number of carbonyl (C=O) groups is 1. The van der Waals surface area contributed by atoms with Gasteiger partial charge in [0.25, 0.3) is 0 Å². The van der Waals surface area contributed by atoms with Crippen molar-refractivity contribution in [3.8, 4) is 11.5 Å². The summed E-state index contributed by atoms with van der Waals surface area (Å²) < 4.78 is 5.85. The van der Waals surface area contributed by atoms with Crippen molar-refractivity contribution in [2.45, 2.75) is 45.3 Å². The molecule has 1 heterocycles. The lowest BCUT2D eigenvalue weighted by Gasteiger charge is -2.31. The van der Waals surface area contributed by atoms with E-state index >= 15 is 0 Å². The molecule has 3 rings (SSSR count). The third-order valence-corrected chi connectivity index (χ3v) is 8.00. The Morgan fingerprint density at radius 1 is 0.885 bits per heavy atom. The average molecular weight is 370 g/mol. The fourth-order valence-corrected chi connectivity index (χ4v) is 6.86. The number of hydrogen-bond acceptors (Lipinski definition) is 2. The largest absolute Gasteiger partial charge is 0.457 e. The molecule has 2 nitrogen and oxygen atoms in total. The first-order chi connectivity index (χ1) is 12.4. The molecular weight excluding hydrogens is 340 g/mol. The number of carbonyl (C=O) groups excluding carboxylic acids is 1. The highest BCUT2D eigenvalue weighted by Gasteiger charge is 2.45. The van der Waals surface area contributed by atoms with Crippen molar-refractivity contribution in [3.05, 3.63) is 60.2 Å². The lowest BCUT2D eigenvalue weighted by molar-refractivity contribution is 0.0948. The lowest BCUT2D eigenvalue weighted by Crippen LogP contribution is -2.45. The Morgan fingerprint density at radius 3 is 2.04 bits per heavy atom. The monoisotopic (exact) mass is 369 g/mol. The van der Waals surface area contributed by atoms with Crippen LogP contribution < -0.4 is 4.74 Å². The number of ether oxygens (including phenoxy) is 1. The molecule has 1 aliphatic heterocycles. The number of ketones is 1. The van der Waals surface area contributed by atoms with Crippen LogP contribution >= 0.6 is 0 Å². The smallest absolute Gasteiger partial charge is 0.215 e. The Balaban J connectivity index is 1.76. The Bertz CT molecular complexity index is 710. The van der Waals surface area contributed by atoms with Crippen LogP contribution in [-0.4, -0.2) is 22.5 Å². The third kappa shape index (κ3) is 4.70. The van der Waals surface area contributed by atoms with Crippen molar-refractivity contribution in [2.75, 3.05) is 11.5 Å². The topological polar surface area (TPSA) is 26.3 Å². The molecule has 0 spiro atoms. The molecule has 0 radical (unpaired) electrons. The van der Waals surface area contributed by atoms with Crippen LogP contribution in [0.2, 0.25) is 0 Å². The number of benzene rings is 2. The molecule has 3 heteroatoms. The van der Waals surface area contributed by atoms with Crippen molar-refractivity contribution in [1.29, 1.82) is 0 Å². The Kier molecular flexibility index (Phi) is 6.08. The standard InChI is InChI=1S/C23H29O2S/c1-23(2,3)22(26-16-8-5-9-17-26)21(24)18-12-14-20(15-13-18)25-19-10-6-4-7-11-19/h4,6-7,10-15,22H,5,8-9,16-17H2,1-3H3/q+1. The van der Waals surface area contributed by atoms with Gasteiger partial charge < -0.3 is 4.74 Å². The van der Waals surface area contributed by atoms with Gasteiger partial charge in [0, 0.05) is 11.0 Å². The van der Waals surface area contributed by atoms with Crippen LogP contribution in [0, 0.1) is 5.41 Å². The van der Waals surface area contributed by atoms with Gasteiger partial charge in [-0.1, -0.05) is 39.0 Å². The fraction of sp³-hybridized carbons (Fsp3) is 0.435. The van der Waals surface area contributed by atoms with E-state index in [-0.39, 0.29) is 21.6 Å². The summed E-state index contributed by atoms with van der Waals surface area (Å²) in [6, 6.07) is 17.4. The maximum Gasteiger partial charge on any atom is 0.215 e. The molecule has 1 fully saturated rings. The van der Waals surface area contributed by atoms with Crippen molar-refractivity contribution in [3.63, 3.8) is 0 Å². The number of rotatable bonds is 5. The molecule has 0 aromatic heterocycles. The second-order valence-corrected chi connectivity index (χ2v) is 10.4. The number of para-hydroxylation sites is 1. The van der Waals surface area contributed by atoms with Crippen LogP contribution in [0.3, 0.4) is 0 Å². The minimum Gasteiger partial charge on any atom is -0.457 e. The molecule has 1 saturated heterocycles. The molecule has 2 aromatic rings. The van der Waals surface area contributed by atoms with Gasteiger partial charge in [0.15, 0.2) is 5.25 Å². The SMILES string of the molecule is CC(C)(C)C(C(=O)c1ccc(Oc2ccccc2)cc1)[S+]1CCCCC1. The van der Waals surface area contributed by atoms with E-state index < -0.39 is 0 Å². The molecule has 26 heavy (non-hydrogen) atoms. The Labute approximate surface area is 160 Å². The molecule has 1 atom stereocenters. The van der Waals surface area contributed by atoms with E-state index in [2.05, 4.69) is 20.8 Å². The molecule has 0 amide bonds. The van der Waals surface area contributed by atoms with Crippen LogP contribution in [-0.2, 0) is 10.9 Å². The first kappa shape index (κ1) is 19.0. The predicted molar refractivity (Wildman–Crippen MR) is 111 cm³/mol. The summed E-state index contributed by atoms with van der Waals surface area (Å²) in [5.74, 6) is 4.29. The van der Waals surface area contributed by atoms with E-state index in [0.29, 0.717) is 5.78 Å². The highest BCUT2D eigenvalue weighted by atomic mass is 32.2. The molecule has 2 aromatic carbocycles. The second-order valence-electron chi connectivity index (χ2n) is 8.06. The van der Waals surface area contributed by atoms with Gasteiger partial charge in [-0.2, -0.15) is 0 Å². The van der Waals surface area contributed by atoms with E-state index in [0.717, 1.165) is 17.1 Å². The van der Waals surface area contributed by atoms with E-state index in [4.69, 9.17) is 4.74 Å². The van der Waals surface area contributed by atoms with Gasteiger partial charge >= 0.3 is 0 Å². The highest BCUT2D eigenvalue weighted by molar-refractivity contribution is 7.98. The van der Waals surface area contributed by atoms with Crippen LogP contribution in [0.1, 0.15) is 50.4 Å². The Morgan fingerprint density at radius 2 is 1.46 bits per heavy atom. The lowest BCUT2D eigenvalue weighted by atomic mass is 9.87. The zero-order valence-electron chi connectivity index (χ0n) is 16.0. The quantitative estimate of drug-likeness (QED) is 0.486. The van der Waals surface area contributed by atoms with Crippen LogP contribution in [0.5, 0.6) is 11.5 Å². The van der Waals surface area contributed by atoms with Gasteiger partial charge in [0.05, 0.1) is 0 Å². The van der Waals surface area contributed by atoms with Gasteiger partial charge in [-0.3, -0.25) is 4.79 Å².